The molecule has 0 bridgehead atoms. The van der Waals surface area contributed by atoms with Crippen molar-refractivity contribution in [1.29, 1.82) is 0 Å². The summed E-state index contributed by atoms with van der Waals surface area (Å²) in [5.41, 5.74) is 2.62. The zero-order chi connectivity index (χ0) is 23.0. The quantitative estimate of drug-likeness (QED) is 0.633. The Hall–Kier alpha value is -2.91. The standard InChI is InChI=1S/C23H27N3O5S/c1-15(2)16-6-8-18(9-7-16)24-22(27)17-5-4-12-26(14-17)32(29,30)19-10-11-20-21(13-19)31-23(28)25(20)3/h6-11,13,15,17H,4-5,12,14H2,1-3H3,(H,24,27)/t17-/m0/s1. The van der Waals surface area contributed by atoms with E-state index < -0.39 is 21.7 Å². The van der Waals surface area contributed by atoms with Gasteiger partial charge in [0.25, 0.3) is 0 Å². The predicted octanol–water partition coefficient (Wildman–Crippen LogP) is 3.29. The molecule has 0 spiro atoms. The fourth-order valence-electron chi connectivity index (χ4n) is 3.99. The Morgan fingerprint density at radius 1 is 1.16 bits per heavy atom. The van der Waals surface area contributed by atoms with E-state index in [1.54, 1.807) is 13.1 Å². The zero-order valence-corrected chi connectivity index (χ0v) is 19.2. The fraction of sp³-hybridized carbons (Fsp3) is 0.391. The number of sulfonamides is 1. The molecule has 1 aliphatic rings. The van der Waals surface area contributed by atoms with Crippen LogP contribution in [0.3, 0.4) is 0 Å². The highest BCUT2D eigenvalue weighted by molar-refractivity contribution is 7.89. The normalized spacial score (nSPS) is 17.7. The molecule has 8 nitrogen and oxygen atoms in total. The number of nitrogens with zero attached hydrogens (tertiary/aromatic N) is 2. The number of aromatic nitrogens is 1. The number of fused-ring (bicyclic) bond motifs is 1. The van der Waals surface area contributed by atoms with Crippen LogP contribution >= 0.6 is 0 Å². The molecule has 2 heterocycles. The minimum absolute atomic E-state index is 0.0460. The predicted molar refractivity (Wildman–Crippen MR) is 122 cm³/mol. The molecular weight excluding hydrogens is 430 g/mol. The van der Waals surface area contributed by atoms with Crippen molar-refractivity contribution in [2.45, 2.75) is 37.5 Å². The van der Waals surface area contributed by atoms with Gasteiger partial charge in [0.2, 0.25) is 15.9 Å². The van der Waals surface area contributed by atoms with Gasteiger partial charge in [0, 0.05) is 31.9 Å². The van der Waals surface area contributed by atoms with Crippen LogP contribution in [0.15, 0.2) is 56.6 Å². The van der Waals surface area contributed by atoms with Crippen molar-refractivity contribution < 1.29 is 17.6 Å². The number of carbonyl (C=O) groups excluding carboxylic acids is 1. The van der Waals surface area contributed by atoms with Crippen LogP contribution in [0.5, 0.6) is 0 Å². The first-order valence-electron chi connectivity index (χ1n) is 10.7. The molecule has 1 amide bonds. The molecule has 1 saturated heterocycles. The molecule has 0 saturated carbocycles. The fourth-order valence-corrected chi connectivity index (χ4v) is 5.53. The van der Waals surface area contributed by atoms with Crippen molar-refractivity contribution in [3.8, 4) is 0 Å². The number of nitrogens with one attached hydrogen (secondary N) is 1. The van der Waals surface area contributed by atoms with Crippen molar-refractivity contribution in [2.24, 2.45) is 13.0 Å². The molecule has 1 aromatic heterocycles. The van der Waals surface area contributed by atoms with E-state index >= 15 is 0 Å². The summed E-state index contributed by atoms with van der Waals surface area (Å²) in [4.78, 5) is 24.6. The maximum atomic E-state index is 13.2. The maximum absolute atomic E-state index is 13.2. The van der Waals surface area contributed by atoms with E-state index in [0.717, 1.165) is 0 Å². The molecule has 3 aromatic rings. The summed E-state index contributed by atoms with van der Waals surface area (Å²) in [5, 5.41) is 2.91. The summed E-state index contributed by atoms with van der Waals surface area (Å²) >= 11 is 0. The summed E-state index contributed by atoms with van der Waals surface area (Å²) in [6.07, 6.45) is 1.21. The largest absolute Gasteiger partial charge is 0.419 e. The van der Waals surface area contributed by atoms with Crippen LogP contribution < -0.4 is 11.1 Å². The van der Waals surface area contributed by atoms with Crippen LogP contribution in [0.1, 0.15) is 38.2 Å². The second kappa shape index (κ2) is 8.55. The van der Waals surface area contributed by atoms with Gasteiger partial charge in [-0.05, 0) is 48.6 Å². The van der Waals surface area contributed by atoms with Crippen molar-refractivity contribution in [3.63, 3.8) is 0 Å². The third-order valence-corrected chi connectivity index (χ3v) is 7.86. The lowest BCUT2D eigenvalue weighted by atomic mass is 9.98. The Balaban J connectivity index is 1.50. The molecular formula is C23H27N3O5S. The monoisotopic (exact) mass is 457 g/mol. The highest BCUT2D eigenvalue weighted by Crippen LogP contribution is 2.27. The highest BCUT2D eigenvalue weighted by Gasteiger charge is 2.33. The molecule has 32 heavy (non-hydrogen) atoms. The Morgan fingerprint density at radius 3 is 2.56 bits per heavy atom. The number of rotatable bonds is 5. The summed E-state index contributed by atoms with van der Waals surface area (Å²) in [7, 11) is -2.27. The lowest BCUT2D eigenvalue weighted by molar-refractivity contribution is -0.120. The van der Waals surface area contributed by atoms with Gasteiger partial charge in [-0.3, -0.25) is 9.36 Å². The number of benzene rings is 2. The van der Waals surface area contributed by atoms with E-state index in [1.165, 1.54) is 26.6 Å². The van der Waals surface area contributed by atoms with Crippen LogP contribution in [0.25, 0.3) is 11.1 Å². The SMILES string of the molecule is CC(C)c1ccc(NC(=O)[C@H]2CCCN(S(=O)(=O)c3ccc4c(c3)oc(=O)n4C)C2)cc1. The van der Waals surface area contributed by atoms with Crippen LogP contribution in [0.2, 0.25) is 0 Å². The van der Waals surface area contributed by atoms with Crippen LogP contribution in [-0.4, -0.2) is 36.3 Å². The first-order valence-corrected chi connectivity index (χ1v) is 12.1. The van der Waals surface area contributed by atoms with Gasteiger partial charge in [0.15, 0.2) is 5.58 Å². The molecule has 1 aliphatic heterocycles. The smallest absolute Gasteiger partial charge is 0.408 e. The molecule has 1 N–H and O–H groups in total. The van der Waals surface area contributed by atoms with E-state index in [0.29, 0.717) is 36.5 Å². The number of aryl methyl sites for hydroxylation is 1. The number of oxazole rings is 1. The molecule has 9 heteroatoms. The van der Waals surface area contributed by atoms with Gasteiger partial charge in [0.05, 0.1) is 16.3 Å². The van der Waals surface area contributed by atoms with Gasteiger partial charge >= 0.3 is 5.76 Å². The Bertz CT molecular complexity index is 1310. The second-order valence-electron chi connectivity index (χ2n) is 8.52. The van der Waals surface area contributed by atoms with E-state index in [2.05, 4.69) is 19.2 Å². The molecule has 4 rings (SSSR count). The Kier molecular flexibility index (Phi) is 5.96. The minimum atomic E-state index is -3.83. The second-order valence-corrected chi connectivity index (χ2v) is 10.5. The van der Waals surface area contributed by atoms with Gasteiger partial charge in [-0.1, -0.05) is 26.0 Å². The van der Waals surface area contributed by atoms with Gasteiger partial charge < -0.3 is 9.73 Å². The van der Waals surface area contributed by atoms with Crippen LogP contribution in [-0.2, 0) is 21.9 Å². The average molecular weight is 458 g/mol. The topological polar surface area (TPSA) is 102 Å². The number of anilines is 1. The maximum Gasteiger partial charge on any atom is 0.419 e. The van der Waals surface area contributed by atoms with E-state index in [4.69, 9.17) is 4.42 Å². The van der Waals surface area contributed by atoms with Crippen molar-refractivity contribution in [3.05, 3.63) is 58.6 Å². The Labute approximate surface area is 186 Å². The molecule has 2 aromatic carbocycles. The number of piperidine rings is 1. The van der Waals surface area contributed by atoms with Gasteiger partial charge in [0.1, 0.15) is 0 Å². The summed E-state index contributed by atoms with van der Waals surface area (Å²) in [6, 6.07) is 12.1. The highest BCUT2D eigenvalue weighted by atomic mass is 32.2. The first kappa shape index (κ1) is 22.3. The molecule has 0 radical (unpaired) electrons. The molecule has 0 unspecified atom stereocenters. The zero-order valence-electron chi connectivity index (χ0n) is 18.4. The van der Waals surface area contributed by atoms with Gasteiger partial charge in [-0.25, -0.2) is 13.2 Å². The number of hydrogen-bond acceptors (Lipinski definition) is 5. The third-order valence-electron chi connectivity index (χ3n) is 6.00. The van der Waals surface area contributed by atoms with Crippen molar-refractivity contribution in [1.82, 2.24) is 8.87 Å². The van der Waals surface area contributed by atoms with E-state index in [9.17, 15) is 18.0 Å². The molecule has 0 aliphatic carbocycles. The van der Waals surface area contributed by atoms with Gasteiger partial charge in [-0.2, -0.15) is 4.31 Å². The number of hydrogen-bond donors (Lipinski definition) is 1. The van der Waals surface area contributed by atoms with E-state index in [-0.39, 0.29) is 22.9 Å². The number of amides is 1. The number of carbonyl (C=O) groups is 1. The lowest BCUT2D eigenvalue weighted by Gasteiger charge is -2.31. The van der Waals surface area contributed by atoms with E-state index in [1.807, 2.05) is 24.3 Å². The molecule has 1 atom stereocenters. The Morgan fingerprint density at radius 2 is 1.88 bits per heavy atom. The molecule has 1 fully saturated rings. The summed E-state index contributed by atoms with van der Waals surface area (Å²) < 4.78 is 34.2. The first-order chi connectivity index (χ1) is 15.2. The minimum Gasteiger partial charge on any atom is -0.408 e. The average Bonchev–Trinajstić information content (AvgIpc) is 3.07. The van der Waals surface area contributed by atoms with Gasteiger partial charge in [-0.15, -0.1) is 0 Å². The van der Waals surface area contributed by atoms with Crippen LogP contribution in [0.4, 0.5) is 5.69 Å². The summed E-state index contributed by atoms with van der Waals surface area (Å²) in [6.45, 7) is 4.66. The van der Waals surface area contributed by atoms with Crippen molar-refractivity contribution >= 4 is 32.7 Å². The van der Waals surface area contributed by atoms with Crippen molar-refractivity contribution in [2.75, 3.05) is 18.4 Å². The third kappa shape index (κ3) is 4.22. The molecule has 170 valence electrons. The lowest BCUT2D eigenvalue weighted by Crippen LogP contribution is -2.43. The summed E-state index contributed by atoms with van der Waals surface area (Å²) in [5.74, 6) is -0.779. The van der Waals surface area contributed by atoms with Crippen LogP contribution in [0, 0.1) is 5.92 Å².